The van der Waals surface area contributed by atoms with Crippen LogP contribution in [0.3, 0.4) is 0 Å². The molecule has 0 radical (unpaired) electrons. The number of nitrogens with one attached hydrogen (secondary N) is 2. The van der Waals surface area contributed by atoms with E-state index in [1.807, 2.05) is 17.8 Å². The average Bonchev–Trinajstić information content (AvgIpc) is 3.06. The van der Waals surface area contributed by atoms with E-state index in [9.17, 15) is 18.0 Å². The van der Waals surface area contributed by atoms with Gasteiger partial charge in [0.25, 0.3) is 0 Å². The lowest BCUT2D eigenvalue weighted by molar-refractivity contribution is -0.137. The van der Waals surface area contributed by atoms with Crippen molar-refractivity contribution in [2.45, 2.75) is 44.8 Å². The fourth-order valence-corrected chi connectivity index (χ4v) is 4.53. The molecule has 4 heterocycles. The number of ether oxygens (including phenoxy) is 1. The van der Waals surface area contributed by atoms with Gasteiger partial charge in [0.15, 0.2) is 0 Å². The predicted octanol–water partition coefficient (Wildman–Crippen LogP) is 3.67. The van der Waals surface area contributed by atoms with E-state index in [0.717, 1.165) is 37.8 Å². The molecule has 36 heavy (non-hydrogen) atoms. The Morgan fingerprint density at radius 1 is 1.17 bits per heavy atom. The van der Waals surface area contributed by atoms with Gasteiger partial charge in [0.05, 0.1) is 48.3 Å². The van der Waals surface area contributed by atoms with Gasteiger partial charge in [-0.25, -0.2) is 4.98 Å². The molecule has 0 saturated carbocycles. The van der Waals surface area contributed by atoms with Crippen molar-refractivity contribution in [3.05, 3.63) is 29.7 Å². The van der Waals surface area contributed by atoms with Gasteiger partial charge in [-0.1, -0.05) is 0 Å². The van der Waals surface area contributed by atoms with Gasteiger partial charge in [-0.2, -0.15) is 18.3 Å². The molecule has 0 atom stereocenters. The van der Waals surface area contributed by atoms with E-state index in [1.54, 1.807) is 4.90 Å². The summed E-state index contributed by atoms with van der Waals surface area (Å²) >= 11 is 0. The summed E-state index contributed by atoms with van der Waals surface area (Å²) in [6.07, 6.45) is 1.05. The zero-order valence-corrected chi connectivity index (χ0v) is 20.8. The average molecular weight is 510 g/mol. The van der Waals surface area contributed by atoms with Crippen LogP contribution in [0, 0.1) is 6.92 Å². The highest BCUT2D eigenvalue weighted by atomic mass is 19.4. The van der Waals surface area contributed by atoms with Crippen molar-refractivity contribution >= 4 is 23.1 Å². The molecule has 1 amide bonds. The Balaban J connectivity index is 1.41. The number of pyridine rings is 1. The summed E-state index contributed by atoms with van der Waals surface area (Å²) < 4.78 is 48.1. The first kappa shape index (κ1) is 26.2. The largest absolute Gasteiger partial charge is 0.419 e. The van der Waals surface area contributed by atoms with Crippen molar-refractivity contribution in [3.8, 4) is 0 Å². The Labute approximate surface area is 209 Å². The van der Waals surface area contributed by atoms with E-state index in [-0.39, 0.29) is 18.1 Å². The van der Waals surface area contributed by atoms with Gasteiger partial charge in [-0.3, -0.25) is 9.48 Å². The number of aromatic nitrogens is 3. The molecule has 0 unspecified atom stereocenters. The van der Waals surface area contributed by atoms with Crippen LogP contribution >= 0.6 is 0 Å². The molecular weight excluding hydrogens is 475 g/mol. The Morgan fingerprint density at radius 3 is 2.69 bits per heavy atom. The third-order valence-corrected chi connectivity index (χ3v) is 6.69. The van der Waals surface area contributed by atoms with Crippen LogP contribution in [0.5, 0.6) is 0 Å². The predicted molar refractivity (Wildman–Crippen MR) is 130 cm³/mol. The summed E-state index contributed by atoms with van der Waals surface area (Å²) in [6.45, 7) is 6.00. The minimum atomic E-state index is -4.54. The monoisotopic (exact) mass is 509 g/mol. The number of carbonyl (C=O) groups is 1. The molecule has 2 fully saturated rings. The number of alkyl halides is 3. The highest BCUT2D eigenvalue weighted by Gasteiger charge is 2.34. The van der Waals surface area contributed by atoms with Crippen LogP contribution in [0.25, 0.3) is 0 Å². The highest BCUT2D eigenvalue weighted by molar-refractivity contribution is 5.76. The van der Waals surface area contributed by atoms with Crippen molar-refractivity contribution in [1.29, 1.82) is 0 Å². The lowest BCUT2D eigenvalue weighted by atomic mass is 10.1. The summed E-state index contributed by atoms with van der Waals surface area (Å²) in [5.41, 5.74) is 0.599. The van der Waals surface area contributed by atoms with E-state index in [4.69, 9.17) is 4.74 Å². The van der Waals surface area contributed by atoms with E-state index in [1.165, 1.54) is 6.07 Å². The standard InChI is InChI=1S/C24H34F3N7O2/c1-17-21(16-34(31-17)18-4-9-32(2)10-5-18)30-22-14-20(19(15-29-22)24(25,26)27)28-7-3-8-33-11-13-36-12-6-23(33)35/h14-16,18H,3-13H2,1-2H3,(H2,28,29,30). The van der Waals surface area contributed by atoms with Gasteiger partial charge in [0, 0.05) is 38.1 Å². The number of likely N-dealkylation sites (tertiary alicyclic amines) is 1. The first-order valence-electron chi connectivity index (χ1n) is 12.4. The molecule has 198 valence electrons. The number of rotatable bonds is 8. The fraction of sp³-hybridized carbons (Fsp3) is 0.625. The number of nitrogens with zero attached hydrogens (tertiary/aromatic N) is 5. The molecule has 2 aromatic heterocycles. The quantitative estimate of drug-likeness (QED) is 0.525. The summed E-state index contributed by atoms with van der Waals surface area (Å²) in [6, 6.07) is 1.68. The number of carbonyl (C=O) groups excluding carboxylic acids is 1. The van der Waals surface area contributed by atoms with Gasteiger partial charge in [-0.05, 0) is 46.3 Å². The van der Waals surface area contributed by atoms with Gasteiger partial charge < -0.3 is 25.2 Å². The molecule has 2 aliphatic rings. The number of hydrogen-bond acceptors (Lipinski definition) is 7. The van der Waals surface area contributed by atoms with Crippen LogP contribution in [0.2, 0.25) is 0 Å². The zero-order valence-electron chi connectivity index (χ0n) is 20.8. The maximum Gasteiger partial charge on any atom is 0.419 e. The maximum absolute atomic E-state index is 13.6. The molecule has 0 bridgehead atoms. The van der Waals surface area contributed by atoms with Gasteiger partial charge in [-0.15, -0.1) is 0 Å². The van der Waals surface area contributed by atoms with E-state index in [0.29, 0.717) is 56.7 Å². The van der Waals surface area contributed by atoms with Crippen molar-refractivity contribution < 1.29 is 22.7 Å². The van der Waals surface area contributed by atoms with Crippen LogP contribution in [0.4, 0.5) is 30.4 Å². The maximum atomic E-state index is 13.6. The van der Waals surface area contributed by atoms with Crippen molar-refractivity contribution in [1.82, 2.24) is 24.6 Å². The van der Waals surface area contributed by atoms with Crippen LogP contribution in [0.15, 0.2) is 18.5 Å². The Hall–Kier alpha value is -2.86. The SMILES string of the molecule is Cc1nn(C2CCN(C)CC2)cc1Nc1cc(NCCCN2CCOCCC2=O)c(C(F)(F)F)cn1. The van der Waals surface area contributed by atoms with Crippen molar-refractivity contribution in [3.63, 3.8) is 0 Å². The molecule has 12 heteroatoms. The molecule has 9 nitrogen and oxygen atoms in total. The van der Waals surface area contributed by atoms with Crippen LogP contribution in [0.1, 0.15) is 43.0 Å². The highest BCUT2D eigenvalue weighted by Crippen LogP contribution is 2.36. The second-order valence-electron chi connectivity index (χ2n) is 9.40. The molecule has 0 aromatic carbocycles. The van der Waals surface area contributed by atoms with Crippen LogP contribution < -0.4 is 10.6 Å². The number of piperidine rings is 1. The smallest absolute Gasteiger partial charge is 0.384 e. The first-order chi connectivity index (χ1) is 17.2. The van der Waals surface area contributed by atoms with Crippen molar-refractivity contribution in [2.75, 3.05) is 63.6 Å². The van der Waals surface area contributed by atoms with E-state index < -0.39 is 11.7 Å². The fourth-order valence-electron chi connectivity index (χ4n) is 4.53. The third kappa shape index (κ3) is 6.67. The molecular formula is C24H34F3N7O2. The van der Waals surface area contributed by atoms with E-state index >= 15 is 0 Å². The number of hydrogen-bond donors (Lipinski definition) is 2. The molecule has 4 rings (SSSR count). The molecule has 2 aromatic rings. The molecule has 2 saturated heterocycles. The summed E-state index contributed by atoms with van der Waals surface area (Å²) in [4.78, 5) is 20.1. The normalized spacial score (nSPS) is 18.4. The van der Waals surface area contributed by atoms with Crippen molar-refractivity contribution in [2.24, 2.45) is 0 Å². The van der Waals surface area contributed by atoms with Gasteiger partial charge in [0.1, 0.15) is 5.82 Å². The minimum absolute atomic E-state index is 0.00930. The molecule has 0 spiro atoms. The van der Waals surface area contributed by atoms with E-state index in [2.05, 4.69) is 32.7 Å². The number of halogens is 3. The van der Waals surface area contributed by atoms with Gasteiger partial charge in [0.2, 0.25) is 5.91 Å². The number of amides is 1. The number of anilines is 3. The topological polar surface area (TPSA) is 87.5 Å². The molecule has 2 N–H and O–H groups in total. The Kier molecular flexibility index (Phi) is 8.35. The van der Waals surface area contributed by atoms with Crippen LogP contribution in [-0.2, 0) is 15.7 Å². The van der Waals surface area contributed by atoms with Crippen LogP contribution in [-0.4, -0.2) is 83.5 Å². The second-order valence-corrected chi connectivity index (χ2v) is 9.40. The lowest BCUT2D eigenvalue weighted by Crippen LogP contribution is -2.33. The molecule has 2 aliphatic heterocycles. The third-order valence-electron chi connectivity index (χ3n) is 6.69. The summed E-state index contributed by atoms with van der Waals surface area (Å²) in [5.74, 6) is 0.311. The minimum Gasteiger partial charge on any atom is -0.384 e. The first-order valence-corrected chi connectivity index (χ1v) is 12.4. The Morgan fingerprint density at radius 2 is 1.94 bits per heavy atom. The number of aryl methyl sites for hydroxylation is 1. The zero-order chi connectivity index (χ0) is 25.7. The van der Waals surface area contributed by atoms with Gasteiger partial charge >= 0.3 is 6.18 Å². The Bertz CT molecular complexity index is 1040. The molecule has 0 aliphatic carbocycles. The second kappa shape index (κ2) is 11.5. The lowest BCUT2D eigenvalue weighted by Gasteiger charge is -2.28. The summed E-state index contributed by atoms with van der Waals surface area (Å²) in [7, 11) is 2.10. The summed E-state index contributed by atoms with van der Waals surface area (Å²) in [5, 5.41) is 10.7.